The van der Waals surface area contributed by atoms with Gasteiger partial charge in [0.1, 0.15) is 0 Å². The van der Waals surface area contributed by atoms with Crippen LogP contribution in [0.25, 0.3) is 0 Å². The van der Waals surface area contributed by atoms with E-state index in [2.05, 4.69) is 17.9 Å². The summed E-state index contributed by atoms with van der Waals surface area (Å²) in [5.41, 5.74) is 6.95. The van der Waals surface area contributed by atoms with Crippen LogP contribution in [0.3, 0.4) is 0 Å². The highest BCUT2D eigenvalue weighted by molar-refractivity contribution is 6.31. The van der Waals surface area contributed by atoms with Gasteiger partial charge in [-0.15, -0.1) is 0 Å². The van der Waals surface area contributed by atoms with Crippen molar-refractivity contribution in [3.8, 4) is 0 Å². The molecule has 1 fully saturated rings. The Kier molecular flexibility index (Phi) is 5.67. The molecule has 0 aromatic heterocycles. The van der Waals surface area contributed by atoms with Crippen molar-refractivity contribution >= 4 is 11.6 Å². The van der Waals surface area contributed by atoms with Gasteiger partial charge in [-0.3, -0.25) is 4.90 Å². The van der Waals surface area contributed by atoms with Crippen LogP contribution in [0, 0.1) is 0 Å². The largest absolute Gasteiger partial charge is 0.390 e. The smallest absolute Gasteiger partial charge is 0.0632 e. The average Bonchev–Trinajstić information content (AvgIpc) is 2.62. The van der Waals surface area contributed by atoms with Crippen LogP contribution >= 0.6 is 11.6 Å². The fourth-order valence-electron chi connectivity index (χ4n) is 3.20. The molecule has 2 rings (SSSR count). The van der Waals surface area contributed by atoms with Crippen LogP contribution in [-0.2, 0) is 0 Å². The molecule has 0 radical (unpaired) electrons. The summed E-state index contributed by atoms with van der Waals surface area (Å²) in [6.45, 7) is 5.86. The van der Waals surface area contributed by atoms with Gasteiger partial charge in [-0.1, -0.05) is 36.7 Å². The van der Waals surface area contributed by atoms with Crippen LogP contribution in [0.4, 0.5) is 0 Å². The van der Waals surface area contributed by atoms with Crippen molar-refractivity contribution in [1.82, 2.24) is 4.90 Å². The summed E-state index contributed by atoms with van der Waals surface area (Å²) in [4.78, 5) is 2.40. The standard InChI is InChI=1S/C17H27ClN2O/c1-3-15(19)16(13-7-4-5-8-14(13)18)20-11-6-9-17(2,21)10-12-20/h4-5,7-8,15-16,21H,3,6,9-12,19H2,1-2H3. The summed E-state index contributed by atoms with van der Waals surface area (Å²) < 4.78 is 0. The van der Waals surface area contributed by atoms with Crippen LogP contribution in [0.15, 0.2) is 24.3 Å². The van der Waals surface area contributed by atoms with Gasteiger partial charge in [-0.05, 0) is 50.8 Å². The summed E-state index contributed by atoms with van der Waals surface area (Å²) in [5.74, 6) is 0. The highest BCUT2D eigenvalue weighted by Crippen LogP contribution is 2.33. The third-order valence-electron chi connectivity index (χ3n) is 4.59. The van der Waals surface area contributed by atoms with E-state index in [0.717, 1.165) is 49.4 Å². The maximum Gasteiger partial charge on any atom is 0.0632 e. The molecule has 0 bridgehead atoms. The van der Waals surface area contributed by atoms with Gasteiger partial charge in [0, 0.05) is 17.6 Å². The minimum absolute atomic E-state index is 0.0490. The molecule has 118 valence electrons. The molecule has 0 amide bonds. The molecule has 3 N–H and O–H groups in total. The first-order chi connectivity index (χ1) is 9.94. The molecule has 1 aliphatic heterocycles. The van der Waals surface area contributed by atoms with Gasteiger partial charge < -0.3 is 10.8 Å². The van der Waals surface area contributed by atoms with Crippen molar-refractivity contribution in [2.45, 2.75) is 57.2 Å². The fourth-order valence-corrected chi connectivity index (χ4v) is 3.45. The molecule has 0 aliphatic carbocycles. The minimum atomic E-state index is -0.559. The van der Waals surface area contributed by atoms with Crippen LogP contribution in [0.1, 0.15) is 51.1 Å². The predicted octanol–water partition coefficient (Wildman–Crippen LogP) is 3.36. The van der Waals surface area contributed by atoms with Gasteiger partial charge in [0.15, 0.2) is 0 Å². The summed E-state index contributed by atoms with van der Waals surface area (Å²) in [6.07, 6.45) is 3.53. The monoisotopic (exact) mass is 310 g/mol. The molecular formula is C17H27ClN2O. The molecule has 21 heavy (non-hydrogen) atoms. The van der Waals surface area contributed by atoms with Crippen molar-refractivity contribution in [2.24, 2.45) is 5.73 Å². The van der Waals surface area contributed by atoms with E-state index in [-0.39, 0.29) is 12.1 Å². The van der Waals surface area contributed by atoms with Crippen LogP contribution < -0.4 is 5.73 Å². The molecular weight excluding hydrogens is 284 g/mol. The quantitative estimate of drug-likeness (QED) is 0.896. The molecule has 0 saturated carbocycles. The number of hydrogen-bond donors (Lipinski definition) is 2. The van der Waals surface area contributed by atoms with Crippen molar-refractivity contribution < 1.29 is 5.11 Å². The number of nitrogens with zero attached hydrogens (tertiary/aromatic N) is 1. The van der Waals surface area contributed by atoms with E-state index in [1.807, 2.05) is 25.1 Å². The zero-order chi connectivity index (χ0) is 15.5. The lowest BCUT2D eigenvalue weighted by Gasteiger charge is -2.35. The van der Waals surface area contributed by atoms with E-state index in [1.165, 1.54) is 0 Å². The third-order valence-corrected chi connectivity index (χ3v) is 4.94. The SMILES string of the molecule is CCC(N)C(c1ccccc1Cl)N1CCCC(C)(O)CC1. The van der Waals surface area contributed by atoms with Gasteiger partial charge in [-0.2, -0.15) is 0 Å². The Labute approximate surface area is 133 Å². The van der Waals surface area contributed by atoms with E-state index in [1.54, 1.807) is 0 Å². The summed E-state index contributed by atoms with van der Waals surface area (Å²) in [7, 11) is 0. The van der Waals surface area contributed by atoms with Gasteiger partial charge in [-0.25, -0.2) is 0 Å². The lowest BCUT2D eigenvalue weighted by atomic mass is 9.95. The Morgan fingerprint density at radius 3 is 2.71 bits per heavy atom. The van der Waals surface area contributed by atoms with Gasteiger partial charge in [0.25, 0.3) is 0 Å². The van der Waals surface area contributed by atoms with Crippen molar-refractivity contribution in [2.75, 3.05) is 13.1 Å². The molecule has 3 nitrogen and oxygen atoms in total. The van der Waals surface area contributed by atoms with Crippen LogP contribution in [0.2, 0.25) is 5.02 Å². The van der Waals surface area contributed by atoms with Crippen LogP contribution in [0.5, 0.6) is 0 Å². The first-order valence-corrected chi connectivity index (χ1v) is 8.29. The highest BCUT2D eigenvalue weighted by atomic mass is 35.5. The van der Waals surface area contributed by atoms with Crippen LogP contribution in [-0.4, -0.2) is 34.7 Å². The number of nitrogens with two attached hydrogens (primary N) is 1. The van der Waals surface area contributed by atoms with Gasteiger partial charge in [0.05, 0.1) is 11.6 Å². The van der Waals surface area contributed by atoms with E-state index in [9.17, 15) is 5.11 Å². The molecule has 1 heterocycles. The van der Waals surface area contributed by atoms with E-state index in [0.29, 0.717) is 0 Å². The molecule has 1 aromatic carbocycles. The molecule has 0 spiro atoms. The average molecular weight is 311 g/mol. The Balaban J connectivity index is 2.26. The highest BCUT2D eigenvalue weighted by Gasteiger charge is 2.32. The lowest BCUT2D eigenvalue weighted by Crippen LogP contribution is -2.42. The van der Waals surface area contributed by atoms with Crippen molar-refractivity contribution in [3.05, 3.63) is 34.9 Å². The van der Waals surface area contributed by atoms with Crippen molar-refractivity contribution in [3.63, 3.8) is 0 Å². The molecule has 1 saturated heterocycles. The third kappa shape index (κ3) is 4.19. The number of benzene rings is 1. The molecule has 1 aliphatic rings. The Hall–Kier alpha value is -0.610. The maximum absolute atomic E-state index is 10.3. The maximum atomic E-state index is 10.3. The summed E-state index contributed by atoms with van der Waals surface area (Å²) >= 11 is 6.40. The van der Waals surface area contributed by atoms with Gasteiger partial charge in [0.2, 0.25) is 0 Å². The molecule has 4 heteroatoms. The Morgan fingerprint density at radius 1 is 1.33 bits per heavy atom. The zero-order valence-corrected chi connectivity index (χ0v) is 13.8. The second-order valence-electron chi connectivity index (χ2n) is 6.42. The predicted molar refractivity (Wildman–Crippen MR) is 88.5 cm³/mol. The van der Waals surface area contributed by atoms with Gasteiger partial charge >= 0.3 is 0 Å². The number of aliphatic hydroxyl groups is 1. The number of rotatable bonds is 4. The minimum Gasteiger partial charge on any atom is -0.390 e. The van der Waals surface area contributed by atoms with Crippen molar-refractivity contribution in [1.29, 1.82) is 0 Å². The second kappa shape index (κ2) is 7.10. The summed E-state index contributed by atoms with van der Waals surface area (Å²) in [6, 6.07) is 8.15. The topological polar surface area (TPSA) is 49.5 Å². The molecule has 3 atom stereocenters. The first-order valence-electron chi connectivity index (χ1n) is 7.91. The number of likely N-dealkylation sites (tertiary alicyclic amines) is 1. The van der Waals surface area contributed by atoms with E-state index >= 15 is 0 Å². The zero-order valence-electron chi connectivity index (χ0n) is 13.1. The fraction of sp³-hybridized carbons (Fsp3) is 0.647. The lowest BCUT2D eigenvalue weighted by molar-refractivity contribution is 0.0422. The number of halogens is 1. The normalized spacial score (nSPS) is 27.1. The van der Waals surface area contributed by atoms with E-state index < -0.39 is 5.60 Å². The Bertz CT molecular complexity index is 464. The number of hydrogen-bond acceptors (Lipinski definition) is 3. The second-order valence-corrected chi connectivity index (χ2v) is 6.83. The Morgan fingerprint density at radius 2 is 2.05 bits per heavy atom. The summed E-state index contributed by atoms with van der Waals surface area (Å²) in [5, 5.41) is 11.1. The first kappa shape index (κ1) is 16.8. The molecule has 1 aromatic rings. The molecule has 3 unspecified atom stereocenters. The van der Waals surface area contributed by atoms with E-state index in [4.69, 9.17) is 17.3 Å².